The molecule has 0 aromatic carbocycles. The highest BCUT2D eigenvalue weighted by Gasteiger charge is 2.41. The number of piperazine rings is 1. The molecule has 1 fully saturated rings. The van der Waals surface area contributed by atoms with Crippen molar-refractivity contribution in [3.05, 3.63) is 6.07 Å². The Kier molecular flexibility index (Phi) is 3.47. The third-order valence-electron chi connectivity index (χ3n) is 3.15. The van der Waals surface area contributed by atoms with Crippen molar-refractivity contribution < 1.29 is 9.59 Å². The van der Waals surface area contributed by atoms with E-state index >= 15 is 0 Å². The Balaban J connectivity index is 2.42. The van der Waals surface area contributed by atoms with Gasteiger partial charge in [-0.3, -0.25) is 14.9 Å². The van der Waals surface area contributed by atoms with E-state index in [1.165, 1.54) is 0 Å². The third kappa shape index (κ3) is 2.49. The van der Waals surface area contributed by atoms with Crippen molar-refractivity contribution in [1.29, 1.82) is 0 Å². The first-order valence-corrected chi connectivity index (χ1v) is 6.35. The van der Waals surface area contributed by atoms with Gasteiger partial charge in [0.25, 0.3) is 5.91 Å². The minimum atomic E-state index is -0.891. The van der Waals surface area contributed by atoms with Crippen LogP contribution >= 0.6 is 0 Å². The number of carbonyl (C=O) groups is 2. The van der Waals surface area contributed by atoms with Gasteiger partial charge in [-0.05, 0) is 20.8 Å². The van der Waals surface area contributed by atoms with E-state index in [1.807, 2.05) is 6.92 Å². The van der Waals surface area contributed by atoms with Gasteiger partial charge in [0.05, 0.1) is 6.54 Å². The summed E-state index contributed by atoms with van der Waals surface area (Å²) in [7, 11) is 0. The maximum Gasteiger partial charge on any atom is 0.251 e. The number of nitrogen functional groups attached to an aromatic ring is 1. The van der Waals surface area contributed by atoms with Crippen molar-refractivity contribution in [3.63, 3.8) is 0 Å². The molecular formula is C12H18N6O2. The fourth-order valence-electron chi connectivity index (χ4n) is 2.01. The molecular weight excluding hydrogens is 260 g/mol. The fourth-order valence-corrected chi connectivity index (χ4v) is 2.01. The van der Waals surface area contributed by atoms with E-state index in [9.17, 15) is 9.59 Å². The smallest absolute Gasteiger partial charge is 0.251 e. The molecule has 0 aliphatic carbocycles. The summed E-state index contributed by atoms with van der Waals surface area (Å²) in [6.45, 7) is 6.10. The molecule has 2 heterocycles. The number of nitrogens with one attached hydrogen (secondary N) is 2. The SMILES string of the molecule is CCNc1cc(N2CC(=O)NC(=O)C2(C)C)nc(N)n1. The molecule has 0 spiro atoms. The molecule has 108 valence electrons. The number of imide groups is 1. The van der Waals surface area contributed by atoms with E-state index in [0.29, 0.717) is 18.2 Å². The van der Waals surface area contributed by atoms with Crippen LogP contribution < -0.4 is 21.3 Å². The van der Waals surface area contributed by atoms with Crippen LogP contribution in [0.4, 0.5) is 17.6 Å². The average molecular weight is 278 g/mol. The molecule has 8 heteroatoms. The van der Waals surface area contributed by atoms with Gasteiger partial charge in [0.2, 0.25) is 11.9 Å². The quantitative estimate of drug-likeness (QED) is 0.652. The number of aromatic nitrogens is 2. The van der Waals surface area contributed by atoms with Gasteiger partial charge in [0, 0.05) is 12.6 Å². The van der Waals surface area contributed by atoms with E-state index in [1.54, 1.807) is 24.8 Å². The minimum absolute atomic E-state index is 0.0424. The number of amides is 2. The first kappa shape index (κ1) is 14.0. The zero-order valence-corrected chi connectivity index (χ0v) is 11.7. The van der Waals surface area contributed by atoms with Crippen molar-refractivity contribution in [2.75, 3.05) is 29.0 Å². The van der Waals surface area contributed by atoms with E-state index in [0.717, 1.165) is 0 Å². The molecule has 0 saturated carbocycles. The predicted octanol–water partition coefficient (Wildman–Crippen LogP) is -0.268. The van der Waals surface area contributed by atoms with E-state index in [4.69, 9.17) is 5.73 Å². The Bertz CT molecular complexity index is 557. The number of anilines is 3. The van der Waals surface area contributed by atoms with Crippen molar-refractivity contribution in [2.24, 2.45) is 0 Å². The molecule has 2 rings (SSSR count). The van der Waals surface area contributed by atoms with Crippen LogP contribution in [0.5, 0.6) is 0 Å². The molecule has 8 nitrogen and oxygen atoms in total. The summed E-state index contributed by atoms with van der Waals surface area (Å²) >= 11 is 0. The minimum Gasteiger partial charge on any atom is -0.370 e. The molecule has 1 aromatic heterocycles. The summed E-state index contributed by atoms with van der Waals surface area (Å²) in [6.07, 6.45) is 0. The second-order valence-electron chi connectivity index (χ2n) is 5.02. The van der Waals surface area contributed by atoms with E-state index in [2.05, 4.69) is 20.6 Å². The number of nitrogens with zero attached hydrogens (tertiary/aromatic N) is 3. The number of nitrogens with two attached hydrogens (primary N) is 1. The number of hydrogen-bond acceptors (Lipinski definition) is 7. The van der Waals surface area contributed by atoms with Gasteiger partial charge in [0.15, 0.2) is 0 Å². The lowest BCUT2D eigenvalue weighted by atomic mass is 9.99. The van der Waals surface area contributed by atoms with Crippen LogP contribution in [0.1, 0.15) is 20.8 Å². The normalized spacial score (nSPS) is 17.9. The third-order valence-corrected chi connectivity index (χ3v) is 3.15. The molecule has 4 N–H and O–H groups in total. The van der Waals surface area contributed by atoms with Gasteiger partial charge in [0.1, 0.15) is 17.2 Å². The lowest BCUT2D eigenvalue weighted by Crippen LogP contribution is -2.64. The van der Waals surface area contributed by atoms with Crippen LogP contribution in [-0.2, 0) is 9.59 Å². The molecule has 0 bridgehead atoms. The first-order valence-electron chi connectivity index (χ1n) is 6.35. The Morgan fingerprint density at radius 1 is 1.45 bits per heavy atom. The second kappa shape index (κ2) is 4.95. The molecule has 0 radical (unpaired) electrons. The topological polar surface area (TPSA) is 113 Å². The molecule has 1 saturated heterocycles. The van der Waals surface area contributed by atoms with Crippen LogP contribution in [0.2, 0.25) is 0 Å². The molecule has 1 aromatic rings. The number of rotatable bonds is 3. The Labute approximate surface area is 116 Å². The average Bonchev–Trinajstić information content (AvgIpc) is 2.33. The summed E-state index contributed by atoms with van der Waals surface area (Å²) in [5, 5.41) is 5.35. The zero-order valence-electron chi connectivity index (χ0n) is 11.7. The monoisotopic (exact) mass is 278 g/mol. The number of hydrogen-bond donors (Lipinski definition) is 3. The summed E-state index contributed by atoms with van der Waals surface area (Å²) in [6, 6.07) is 1.67. The lowest BCUT2D eigenvalue weighted by Gasteiger charge is -2.40. The Morgan fingerprint density at radius 2 is 2.15 bits per heavy atom. The van der Waals surface area contributed by atoms with Crippen LogP contribution in [-0.4, -0.2) is 40.4 Å². The predicted molar refractivity (Wildman–Crippen MR) is 75.2 cm³/mol. The van der Waals surface area contributed by atoms with Crippen molar-refractivity contribution in [2.45, 2.75) is 26.3 Å². The summed E-state index contributed by atoms with van der Waals surface area (Å²) in [5.74, 6) is 0.367. The highest BCUT2D eigenvalue weighted by atomic mass is 16.2. The van der Waals surface area contributed by atoms with Gasteiger partial charge in [-0.15, -0.1) is 0 Å². The fraction of sp³-hybridized carbons (Fsp3) is 0.500. The molecule has 2 amide bonds. The van der Waals surface area contributed by atoms with Crippen molar-refractivity contribution >= 4 is 29.4 Å². The molecule has 1 aliphatic rings. The van der Waals surface area contributed by atoms with Gasteiger partial charge in [-0.2, -0.15) is 9.97 Å². The molecule has 20 heavy (non-hydrogen) atoms. The highest BCUT2D eigenvalue weighted by Crippen LogP contribution is 2.26. The summed E-state index contributed by atoms with van der Waals surface area (Å²) in [5.41, 5.74) is 4.79. The van der Waals surface area contributed by atoms with Gasteiger partial charge in [-0.25, -0.2) is 0 Å². The maximum absolute atomic E-state index is 11.9. The highest BCUT2D eigenvalue weighted by molar-refractivity contribution is 6.06. The standard InChI is InChI=1S/C12H18N6O2/c1-4-14-7-5-8(16-11(13)15-7)18-6-9(19)17-10(20)12(18,2)3/h5H,4,6H2,1-3H3,(H,17,19,20)(H3,13,14,15,16). The summed E-state index contributed by atoms with van der Waals surface area (Å²) < 4.78 is 0. The van der Waals surface area contributed by atoms with E-state index in [-0.39, 0.29) is 24.3 Å². The van der Waals surface area contributed by atoms with Crippen molar-refractivity contribution in [1.82, 2.24) is 15.3 Å². The molecule has 1 aliphatic heterocycles. The van der Waals surface area contributed by atoms with Crippen LogP contribution in [0, 0.1) is 0 Å². The van der Waals surface area contributed by atoms with Crippen molar-refractivity contribution in [3.8, 4) is 0 Å². The Hall–Kier alpha value is -2.38. The van der Waals surface area contributed by atoms with Gasteiger partial charge >= 0.3 is 0 Å². The van der Waals surface area contributed by atoms with Gasteiger partial charge < -0.3 is 16.0 Å². The lowest BCUT2D eigenvalue weighted by molar-refractivity contribution is -0.135. The Morgan fingerprint density at radius 3 is 2.80 bits per heavy atom. The first-order chi connectivity index (χ1) is 9.34. The van der Waals surface area contributed by atoms with Crippen LogP contribution in [0.25, 0.3) is 0 Å². The summed E-state index contributed by atoms with van der Waals surface area (Å²) in [4.78, 5) is 33.3. The van der Waals surface area contributed by atoms with Crippen LogP contribution in [0.3, 0.4) is 0 Å². The van der Waals surface area contributed by atoms with Gasteiger partial charge in [-0.1, -0.05) is 0 Å². The zero-order chi connectivity index (χ0) is 14.9. The molecule has 0 unspecified atom stereocenters. The van der Waals surface area contributed by atoms with E-state index < -0.39 is 5.54 Å². The largest absolute Gasteiger partial charge is 0.370 e. The number of carbonyl (C=O) groups excluding carboxylic acids is 2. The molecule has 0 atom stereocenters. The second-order valence-corrected chi connectivity index (χ2v) is 5.02. The maximum atomic E-state index is 11.9. The van der Waals surface area contributed by atoms with Crippen LogP contribution in [0.15, 0.2) is 6.07 Å².